The van der Waals surface area contributed by atoms with Gasteiger partial charge in [0.25, 0.3) is 5.91 Å². The van der Waals surface area contributed by atoms with E-state index in [4.69, 9.17) is 0 Å². The lowest BCUT2D eigenvalue weighted by Crippen LogP contribution is -2.47. The van der Waals surface area contributed by atoms with Crippen molar-refractivity contribution in [2.45, 2.75) is 18.9 Å². The third kappa shape index (κ3) is 2.87. The molecule has 3 rings (SSSR count). The van der Waals surface area contributed by atoms with Crippen LogP contribution in [0.5, 0.6) is 0 Å². The number of anilines is 1. The third-order valence-corrected chi connectivity index (χ3v) is 3.75. The summed E-state index contributed by atoms with van der Waals surface area (Å²) < 4.78 is 0. The zero-order chi connectivity index (χ0) is 13.2. The Bertz CT molecular complexity index is 464. The molecule has 1 aliphatic heterocycles. The maximum absolute atomic E-state index is 12.6. The molecule has 1 aromatic heterocycles. The number of carbonyl (C=O) groups is 1. The zero-order valence-corrected chi connectivity index (χ0v) is 11.3. The normalized spacial score (nSPS) is 20.4. The summed E-state index contributed by atoms with van der Waals surface area (Å²) in [6.07, 6.45) is 4.10. The number of carbonyl (C=O) groups excluding carboxylic acids is 1. The number of pyridine rings is 1. The lowest BCUT2D eigenvalue weighted by atomic mass is 10.2. The van der Waals surface area contributed by atoms with Gasteiger partial charge in [0.05, 0.1) is 5.56 Å². The molecule has 0 spiro atoms. The molecule has 2 heterocycles. The summed E-state index contributed by atoms with van der Waals surface area (Å²) in [6, 6.07) is 4.22. The van der Waals surface area contributed by atoms with Crippen LogP contribution in [0.2, 0.25) is 0 Å². The molecule has 5 nitrogen and oxygen atoms in total. The fourth-order valence-corrected chi connectivity index (χ4v) is 2.29. The molecule has 1 aromatic rings. The SMILES string of the molecule is CN1CCN(C(=O)c2cccnc2NC2CC2)CC1. The fraction of sp³-hybridized carbons (Fsp3) is 0.571. The average molecular weight is 260 g/mol. The third-order valence-electron chi connectivity index (χ3n) is 3.75. The Hall–Kier alpha value is -1.62. The average Bonchev–Trinajstić information content (AvgIpc) is 3.23. The van der Waals surface area contributed by atoms with Crippen LogP contribution in [0.4, 0.5) is 5.82 Å². The minimum atomic E-state index is 0.101. The minimum Gasteiger partial charge on any atom is -0.367 e. The van der Waals surface area contributed by atoms with E-state index < -0.39 is 0 Å². The van der Waals surface area contributed by atoms with E-state index in [2.05, 4.69) is 22.2 Å². The first-order chi connectivity index (χ1) is 9.24. The lowest BCUT2D eigenvalue weighted by molar-refractivity contribution is 0.0664. The number of rotatable bonds is 3. The van der Waals surface area contributed by atoms with Gasteiger partial charge in [0, 0.05) is 38.4 Å². The van der Waals surface area contributed by atoms with Gasteiger partial charge in [-0.15, -0.1) is 0 Å². The Kier molecular flexibility index (Phi) is 3.38. The number of hydrogen-bond acceptors (Lipinski definition) is 4. The summed E-state index contributed by atoms with van der Waals surface area (Å²) in [6.45, 7) is 3.48. The standard InChI is InChI=1S/C14H20N4O/c1-17-7-9-18(10-8-17)14(19)12-3-2-6-15-13(12)16-11-4-5-11/h2-3,6,11H,4-5,7-10H2,1H3,(H,15,16). The molecular formula is C14H20N4O. The molecule has 0 atom stereocenters. The van der Waals surface area contributed by atoms with E-state index in [0.717, 1.165) is 32.0 Å². The van der Waals surface area contributed by atoms with Gasteiger partial charge in [-0.25, -0.2) is 4.98 Å². The highest BCUT2D eigenvalue weighted by atomic mass is 16.2. The van der Waals surface area contributed by atoms with Crippen molar-refractivity contribution >= 4 is 11.7 Å². The second-order valence-electron chi connectivity index (χ2n) is 5.41. The van der Waals surface area contributed by atoms with Gasteiger partial charge in [0.1, 0.15) is 5.82 Å². The van der Waals surface area contributed by atoms with Gasteiger partial charge in [0.15, 0.2) is 0 Å². The lowest BCUT2D eigenvalue weighted by Gasteiger charge is -2.32. The van der Waals surface area contributed by atoms with Crippen molar-refractivity contribution in [3.05, 3.63) is 23.9 Å². The van der Waals surface area contributed by atoms with E-state index in [-0.39, 0.29) is 5.91 Å². The van der Waals surface area contributed by atoms with E-state index in [1.165, 1.54) is 12.8 Å². The van der Waals surface area contributed by atoms with Crippen LogP contribution in [0, 0.1) is 0 Å². The Morgan fingerprint density at radius 3 is 2.74 bits per heavy atom. The number of piperazine rings is 1. The number of likely N-dealkylation sites (N-methyl/N-ethyl adjacent to an activating group) is 1. The van der Waals surface area contributed by atoms with Gasteiger partial charge in [-0.2, -0.15) is 0 Å². The Labute approximate surface area is 113 Å². The molecule has 1 aliphatic carbocycles. The summed E-state index contributed by atoms with van der Waals surface area (Å²) in [4.78, 5) is 21.0. The highest BCUT2D eigenvalue weighted by Crippen LogP contribution is 2.26. The highest BCUT2D eigenvalue weighted by Gasteiger charge is 2.26. The molecule has 0 bridgehead atoms. The molecule has 102 valence electrons. The number of amides is 1. The first kappa shape index (κ1) is 12.4. The van der Waals surface area contributed by atoms with Gasteiger partial charge in [-0.3, -0.25) is 4.79 Å². The van der Waals surface area contributed by atoms with Crippen LogP contribution in [0.15, 0.2) is 18.3 Å². The Morgan fingerprint density at radius 2 is 2.05 bits per heavy atom. The first-order valence-corrected chi connectivity index (χ1v) is 6.93. The van der Waals surface area contributed by atoms with Gasteiger partial charge in [0.2, 0.25) is 0 Å². The molecule has 0 aromatic carbocycles. The minimum absolute atomic E-state index is 0.101. The van der Waals surface area contributed by atoms with Gasteiger partial charge in [-0.1, -0.05) is 0 Å². The fourth-order valence-electron chi connectivity index (χ4n) is 2.29. The van der Waals surface area contributed by atoms with Gasteiger partial charge >= 0.3 is 0 Å². The highest BCUT2D eigenvalue weighted by molar-refractivity contribution is 5.98. The van der Waals surface area contributed by atoms with Crippen molar-refractivity contribution in [2.24, 2.45) is 0 Å². The summed E-state index contributed by atoms with van der Waals surface area (Å²) in [5, 5.41) is 3.34. The number of hydrogen-bond donors (Lipinski definition) is 1. The summed E-state index contributed by atoms with van der Waals surface area (Å²) in [5.41, 5.74) is 0.707. The van der Waals surface area contributed by atoms with Crippen LogP contribution in [0.1, 0.15) is 23.2 Å². The number of nitrogens with one attached hydrogen (secondary N) is 1. The summed E-state index contributed by atoms with van der Waals surface area (Å²) >= 11 is 0. The molecule has 1 saturated carbocycles. The van der Waals surface area contributed by atoms with E-state index in [9.17, 15) is 4.79 Å². The summed E-state index contributed by atoms with van der Waals surface area (Å²) in [7, 11) is 2.09. The van der Waals surface area contributed by atoms with Crippen molar-refractivity contribution in [2.75, 3.05) is 38.5 Å². The van der Waals surface area contributed by atoms with E-state index in [1.54, 1.807) is 6.20 Å². The topological polar surface area (TPSA) is 48.5 Å². The van der Waals surface area contributed by atoms with E-state index >= 15 is 0 Å². The second kappa shape index (κ2) is 5.17. The molecule has 5 heteroatoms. The molecule has 0 radical (unpaired) electrons. The van der Waals surface area contributed by atoms with Gasteiger partial charge < -0.3 is 15.1 Å². The number of nitrogens with zero attached hydrogens (tertiary/aromatic N) is 3. The van der Waals surface area contributed by atoms with E-state index in [0.29, 0.717) is 11.6 Å². The maximum Gasteiger partial charge on any atom is 0.257 e. The monoisotopic (exact) mass is 260 g/mol. The van der Waals surface area contributed by atoms with Crippen LogP contribution in [-0.4, -0.2) is 60.0 Å². The predicted octanol–water partition coefficient (Wildman–Crippen LogP) is 1.04. The van der Waals surface area contributed by atoms with Crippen molar-refractivity contribution < 1.29 is 4.79 Å². The maximum atomic E-state index is 12.6. The molecule has 1 amide bonds. The molecule has 19 heavy (non-hydrogen) atoms. The van der Waals surface area contributed by atoms with Crippen LogP contribution in [0.3, 0.4) is 0 Å². The smallest absolute Gasteiger partial charge is 0.257 e. The largest absolute Gasteiger partial charge is 0.367 e. The second-order valence-corrected chi connectivity index (χ2v) is 5.41. The zero-order valence-electron chi connectivity index (χ0n) is 11.3. The van der Waals surface area contributed by atoms with Gasteiger partial charge in [-0.05, 0) is 32.0 Å². The van der Waals surface area contributed by atoms with Crippen molar-refractivity contribution in [3.63, 3.8) is 0 Å². The first-order valence-electron chi connectivity index (χ1n) is 6.93. The Morgan fingerprint density at radius 1 is 1.32 bits per heavy atom. The van der Waals surface area contributed by atoms with Crippen LogP contribution < -0.4 is 5.32 Å². The molecule has 2 aliphatic rings. The van der Waals surface area contributed by atoms with Crippen LogP contribution >= 0.6 is 0 Å². The Balaban J connectivity index is 1.74. The van der Waals surface area contributed by atoms with Crippen LogP contribution in [-0.2, 0) is 0 Å². The molecule has 0 unspecified atom stereocenters. The van der Waals surface area contributed by atoms with Crippen molar-refractivity contribution in [1.82, 2.24) is 14.8 Å². The predicted molar refractivity (Wildman–Crippen MR) is 74.3 cm³/mol. The molecule has 2 fully saturated rings. The van der Waals surface area contributed by atoms with Crippen molar-refractivity contribution in [3.8, 4) is 0 Å². The van der Waals surface area contributed by atoms with E-state index in [1.807, 2.05) is 17.0 Å². The van der Waals surface area contributed by atoms with Crippen LogP contribution in [0.25, 0.3) is 0 Å². The molecule has 1 saturated heterocycles. The quantitative estimate of drug-likeness (QED) is 0.882. The molecular weight excluding hydrogens is 240 g/mol. The summed E-state index contributed by atoms with van der Waals surface area (Å²) in [5.74, 6) is 0.846. The van der Waals surface area contributed by atoms with Crippen molar-refractivity contribution in [1.29, 1.82) is 0 Å². The molecule has 1 N–H and O–H groups in total. The number of aromatic nitrogens is 1.